The molecule has 0 spiro atoms. The molecule has 1 atom stereocenters. The predicted octanol–water partition coefficient (Wildman–Crippen LogP) is 2.57. The van der Waals surface area contributed by atoms with E-state index in [1.54, 1.807) is 6.07 Å². The number of nitrogens with one attached hydrogen (secondary N) is 1. The van der Waals surface area contributed by atoms with Crippen molar-refractivity contribution in [2.75, 3.05) is 26.7 Å². The van der Waals surface area contributed by atoms with Crippen molar-refractivity contribution in [1.82, 2.24) is 10.2 Å². The minimum Gasteiger partial charge on any atom is -0.393 e. The van der Waals surface area contributed by atoms with Gasteiger partial charge in [0.1, 0.15) is 5.82 Å². The first-order valence-electron chi connectivity index (χ1n) is 7.94. The van der Waals surface area contributed by atoms with Crippen molar-refractivity contribution in [3.8, 4) is 0 Å². The van der Waals surface area contributed by atoms with Crippen LogP contribution in [-0.2, 0) is 0 Å². The Kier molecular flexibility index (Phi) is 6.15. The summed E-state index contributed by atoms with van der Waals surface area (Å²) in [5.41, 5.74) is 0.756. The zero-order valence-electron chi connectivity index (χ0n) is 13.1. The molecule has 1 saturated carbocycles. The largest absolute Gasteiger partial charge is 0.393 e. The summed E-state index contributed by atoms with van der Waals surface area (Å²) < 4.78 is 13.9. The van der Waals surface area contributed by atoms with Gasteiger partial charge in [0.05, 0.1) is 6.10 Å². The summed E-state index contributed by atoms with van der Waals surface area (Å²) in [5, 5.41) is 12.7. The minimum atomic E-state index is -0.131. The Balaban J connectivity index is 1.84. The zero-order valence-corrected chi connectivity index (χ0v) is 13.1. The fourth-order valence-corrected chi connectivity index (χ4v) is 3.10. The fourth-order valence-electron chi connectivity index (χ4n) is 3.10. The summed E-state index contributed by atoms with van der Waals surface area (Å²) in [6.45, 7) is 4.83. The Morgan fingerprint density at radius 1 is 1.38 bits per heavy atom. The van der Waals surface area contributed by atoms with Crippen LogP contribution in [0.5, 0.6) is 0 Å². The molecule has 1 aromatic rings. The highest BCUT2D eigenvalue weighted by Gasteiger charge is 2.28. The maximum atomic E-state index is 13.9. The predicted molar refractivity (Wildman–Crippen MR) is 83.7 cm³/mol. The summed E-state index contributed by atoms with van der Waals surface area (Å²) in [6, 6.07) is 7.08. The molecule has 1 aromatic carbocycles. The Labute approximate surface area is 127 Å². The second-order valence-electron chi connectivity index (χ2n) is 6.17. The smallest absolute Gasteiger partial charge is 0.127 e. The van der Waals surface area contributed by atoms with E-state index in [-0.39, 0.29) is 18.0 Å². The van der Waals surface area contributed by atoms with E-state index in [1.165, 1.54) is 6.07 Å². The Bertz CT molecular complexity index is 435. The van der Waals surface area contributed by atoms with E-state index in [0.29, 0.717) is 5.92 Å². The van der Waals surface area contributed by atoms with Crippen molar-refractivity contribution in [2.45, 2.75) is 38.3 Å². The van der Waals surface area contributed by atoms with Gasteiger partial charge < -0.3 is 15.3 Å². The molecule has 1 fully saturated rings. The van der Waals surface area contributed by atoms with Gasteiger partial charge >= 0.3 is 0 Å². The van der Waals surface area contributed by atoms with Crippen LogP contribution in [0.3, 0.4) is 0 Å². The lowest BCUT2D eigenvalue weighted by Crippen LogP contribution is -2.38. The second-order valence-corrected chi connectivity index (χ2v) is 6.17. The average Bonchev–Trinajstić information content (AvgIpc) is 2.42. The number of nitrogens with zero attached hydrogens (tertiary/aromatic N) is 1. The fraction of sp³-hybridized carbons (Fsp3) is 0.647. The molecular formula is C17H27FN2O. The Morgan fingerprint density at radius 2 is 2.10 bits per heavy atom. The van der Waals surface area contributed by atoms with E-state index in [4.69, 9.17) is 0 Å². The van der Waals surface area contributed by atoms with Crippen LogP contribution >= 0.6 is 0 Å². The van der Waals surface area contributed by atoms with E-state index in [2.05, 4.69) is 17.3 Å². The van der Waals surface area contributed by atoms with E-state index >= 15 is 0 Å². The van der Waals surface area contributed by atoms with Crippen LogP contribution in [0, 0.1) is 11.7 Å². The zero-order chi connectivity index (χ0) is 15.2. The molecule has 2 rings (SSSR count). The molecule has 21 heavy (non-hydrogen) atoms. The van der Waals surface area contributed by atoms with Crippen molar-refractivity contribution < 1.29 is 9.50 Å². The summed E-state index contributed by atoms with van der Waals surface area (Å²) in [4.78, 5) is 2.29. The standard InChI is InChI=1S/C17H27FN2O/c1-3-19-17(15-6-4-5-7-16(15)18)8-9-20(2)12-13-10-14(21)11-13/h4-7,13-14,17,19,21H,3,8-12H2,1-2H3. The van der Waals surface area contributed by atoms with Gasteiger partial charge in [0.2, 0.25) is 0 Å². The lowest BCUT2D eigenvalue weighted by Gasteiger charge is -2.35. The summed E-state index contributed by atoms with van der Waals surface area (Å²) in [5.74, 6) is 0.490. The molecule has 2 N–H and O–H groups in total. The van der Waals surface area contributed by atoms with Gasteiger partial charge in [-0.05, 0) is 51.4 Å². The van der Waals surface area contributed by atoms with E-state index < -0.39 is 0 Å². The maximum Gasteiger partial charge on any atom is 0.127 e. The highest BCUT2D eigenvalue weighted by Crippen LogP contribution is 2.28. The molecule has 0 heterocycles. The van der Waals surface area contributed by atoms with Gasteiger partial charge in [-0.15, -0.1) is 0 Å². The number of hydrogen-bond acceptors (Lipinski definition) is 3. The molecule has 0 amide bonds. The number of aliphatic hydroxyl groups is 1. The van der Waals surface area contributed by atoms with Gasteiger partial charge in [-0.1, -0.05) is 25.1 Å². The van der Waals surface area contributed by atoms with Crippen molar-refractivity contribution >= 4 is 0 Å². The first kappa shape index (κ1) is 16.4. The number of hydrogen-bond donors (Lipinski definition) is 2. The lowest BCUT2D eigenvalue weighted by atomic mass is 9.82. The van der Waals surface area contributed by atoms with Crippen LogP contribution < -0.4 is 5.32 Å². The highest BCUT2D eigenvalue weighted by molar-refractivity contribution is 5.21. The Hall–Kier alpha value is -0.970. The maximum absolute atomic E-state index is 13.9. The van der Waals surface area contributed by atoms with E-state index in [9.17, 15) is 9.50 Å². The van der Waals surface area contributed by atoms with Crippen LogP contribution in [0.1, 0.15) is 37.8 Å². The van der Waals surface area contributed by atoms with Gasteiger partial charge in [-0.2, -0.15) is 0 Å². The third-order valence-electron chi connectivity index (χ3n) is 4.31. The molecule has 0 aliphatic heterocycles. The van der Waals surface area contributed by atoms with E-state index in [0.717, 1.165) is 44.5 Å². The van der Waals surface area contributed by atoms with E-state index in [1.807, 2.05) is 19.1 Å². The van der Waals surface area contributed by atoms with Gasteiger partial charge in [-0.3, -0.25) is 0 Å². The third kappa shape index (κ3) is 4.77. The van der Waals surface area contributed by atoms with Gasteiger partial charge in [0.25, 0.3) is 0 Å². The van der Waals surface area contributed by atoms with Crippen LogP contribution in [0.15, 0.2) is 24.3 Å². The van der Waals surface area contributed by atoms with Crippen molar-refractivity contribution in [3.05, 3.63) is 35.6 Å². The van der Waals surface area contributed by atoms with Crippen LogP contribution in [0.2, 0.25) is 0 Å². The number of benzene rings is 1. The van der Waals surface area contributed by atoms with Crippen molar-refractivity contribution in [1.29, 1.82) is 0 Å². The quantitative estimate of drug-likeness (QED) is 0.773. The van der Waals surface area contributed by atoms with Gasteiger partial charge in [-0.25, -0.2) is 4.39 Å². The molecule has 0 aromatic heterocycles. The first-order valence-corrected chi connectivity index (χ1v) is 7.94. The topological polar surface area (TPSA) is 35.5 Å². The van der Waals surface area contributed by atoms with Gasteiger partial charge in [0, 0.05) is 18.2 Å². The second kappa shape index (κ2) is 7.87. The molecule has 0 radical (unpaired) electrons. The SMILES string of the molecule is CCNC(CCN(C)CC1CC(O)C1)c1ccccc1F. The third-order valence-corrected chi connectivity index (χ3v) is 4.31. The van der Waals surface area contributed by atoms with Crippen LogP contribution in [-0.4, -0.2) is 42.8 Å². The molecule has 1 unspecified atom stereocenters. The molecule has 0 saturated heterocycles. The molecular weight excluding hydrogens is 267 g/mol. The molecule has 1 aliphatic rings. The molecule has 0 bridgehead atoms. The van der Waals surface area contributed by atoms with Crippen LogP contribution in [0.4, 0.5) is 4.39 Å². The summed E-state index contributed by atoms with van der Waals surface area (Å²) in [7, 11) is 2.11. The number of aliphatic hydroxyl groups excluding tert-OH is 1. The minimum absolute atomic E-state index is 0.0608. The molecule has 4 heteroatoms. The van der Waals surface area contributed by atoms with Crippen molar-refractivity contribution in [3.63, 3.8) is 0 Å². The highest BCUT2D eigenvalue weighted by atomic mass is 19.1. The Morgan fingerprint density at radius 3 is 2.71 bits per heavy atom. The van der Waals surface area contributed by atoms with Gasteiger partial charge in [0.15, 0.2) is 0 Å². The average molecular weight is 294 g/mol. The van der Waals surface area contributed by atoms with Crippen molar-refractivity contribution in [2.24, 2.45) is 5.92 Å². The molecule has 1 aliphatic carbocycles. The number of halogens is 1. The molecule has 3 nitrogen and oxygen atoms in total. The summed E-state index contributed by atoms with van der Waals surface area (Å²) in [6.07, 6.45) is 2.65. The summed E-state index contributed by atoms with van der Waals surface area (Å²) >= 11 is 0. The first-order chi connectivity index (χ1) is 10.1. The molecule has 118 valence electrons. The lowest BCUT2D eigenvalue weighted by molar-refractivity contribution is 0.0279. The number of rotatable bonds is 8. The van der Waals surface area contributed by atoms with Crippen LogP contribution in [0.25, 0.3) is 0 Å². The normalized spacial score (nSPS) is 23.1. The monoisotopic (exact) mass is 294 g/mol.